The molecule has 0 aliphatic heterocycles. The molecule has 0 N–H and O–H groups in total. The molecule has 1 unspecified atom stereocenters. The minimum atomic E-state index is -1.50. The van der Waals surface area contributed by atoms with Gasteiger partial charge >= 0.3 is 11.7 Å². The first-order valence-electron chi connectivity index (χ1n) is 4.87. The third kappa shape index (κ3) is 3.31. The van der Waals surface area contributed by atoms with Crippen LogP contribution in [0.2, 0.25) is 0 Å². The topological polar surface area (TPSA) is 92.5 Å². The number of benzene rings is 1. The maximum atomic E-state index is 11.5. The molecule has 0 aliphatic rings. The van der Waals surface area contributed by atoms with Gasteiger partial charge in [0.2, 0.25) is 4.90 Å². The van der Waals surface area contributed by atoms with E-state index in [0.29, 0.717) is 0 Å². The van der Waals surface area contributed by atoms with Crippen LogP contribution < -0.4 is 0 Å². The lowest BCUT2D eigenvalue weighted by Crippen LogP contribution is -2.08. The summed E-state index contributed by atoms with van der Waals surface area (Å²) in [6.07, 6.45) is 2.72. The van der Waals surface area contributed by atoms with E-state index in [2.05, 4.69) is 6.58 Å². The van der Waals surface area contributed by atoms with Crippen LogP contribution in [-0.2, 0) is 15.9 Å². The fourth-order valence-corrected chi connectivity index (χ4v) is 1.94. The van der Waals surface area contributed by atoms with Gasteiger partial charge in [0.25, 0.3) is 0 Å². The lowest BCUT2D eigenvalue weighted by atomic mass is 10.2. The molecule has 96 valence electrons. The summed E-state index contributed by atoms with van der Waals surface area (Å²) in [6, 6.07) is 3.69. The Bertz CT molecular complexity index is 486. The van der Waals surface area contributed by atoms with Crippen LogP contribution in [0.1, 0.15) is 10.4 Å². The monoisotopic (exact) mass is 269 g/mol. The van der Waals surface area contributed by atoms with Crippen LogP contribution in [-0.4, -0.2) is 28.3 Å². The third-order valence-electron chi connectivity index (χ3n) is 2.03. The van der Waals surface area contributed by atoms with E-state index in [9.17, 15) is 19.5 Å². The minimum absolute atomic E-state index is 0.0219. The summed E-state index contributed by atoms with van der Waals surface area (Å²) in [5.74, 6) is -0.688. The zero-order valence-corrected chi connectivity index (χ0v) is 10.4. The third-order valence-corrected chi connectivity index (χ3v) is 3.00. The van der Waals surface area contributed by atoms with Crippen LogP contribution in [0, 0.1) is 10.1 Å². The van der Waals surface area contributed by atoms with E-state index in [4.69, 9.17) is 4.74 Å². The molecule has 18 heavy (non-hydrogen) atoms. The molecule has 1 rings (SSSR count). The highest BCUT2D eigenvalue weighted by molar-refractivity contribution is 7.90. The van der Waals surface area contributed by atoms with Gasteiger partial charge in [0.05, 0.1) is 10.5 Å². The normalized spacial score (nSPS) is 11.7. The fraction of sp³-hybridized carbons (Fsp3) is 0.182. The lowest BCUT2D eigenvalue weighted by molar-refractivity contribution is -0.387. The summed E-state index contributed by atoms with van der Waals surface area (Å²) in [6.45, 7) is 3.41. The molecule has 0 aliphatic carbocycles. The van der Waals surface area contributed by atoms with Gasteiger partial charge in [-0.2, -0.15) is 0 Å². The van der Waals surface area contributed by atoms with Crippen LogP contribution in [0.15, 0.2) is 35.7 Å². The van der Waals surface area contributed by atoms with Crippen molar-refractivity contribution in [3.63, 3.8) is 0 Å². The van der Waals surface area contributed by atoms with Crippen LogP contribution >= 0.6 is 0 Å². The molecule has 0 bridgehead atoms. The second-order valence-electron chi connectivity index (χ2n) is 3.28. The van der Waals surface area contributed by atoms with Crippen molar-refractivity contribution < 1.29 is 19.0 Å². The number of esters is 1. The highest BCUT2D eigenvalue weighted by atomic mass is 32.2. The highest BCUT2D eigenvalue weighted by Gasteiger charge is 2.24. The predicted octanol–water partition coefficient (Wildman–Crippen LogP) is 1.68. The molecule has 6 nitrogen and oxygen atoms in total. The van der Waals surface area contributed by atoms with Crippen molar-refractivity contribution >= 4 is 22.8 Å². The molecule has 7 heteroatoms. The van der Waals surface area contributed by atoms with Gasteiger partial charge in [-0.25, -0.2) is 4.79 Å². The Morgan fingerprint density at radius 1 is 1.61 bits per heavy atom. The van der Waals surface area contributed by atoms with E-state index in [-0.39, 0.29) is 22.8 Å². The summed E-state index contributed by atoms with van der Waals surface area (Å²) in [5.41, 5.74) is -0.318. The first kappa shape index (κ1) is 14.2. The van der Waals surface area contributed by atoms with Crippen LogP contribution in [0.3, 0.4) is 0 Å². The van der Waals surface area contributed by atoms with E-state index in [1.165, 1.54) is 24.5 Å². The second-order valence-corrected chi connectivity index (χ2v) is 4.63. The first-order chi connectivity index (χ1) is 8.47. The number of hydrogen-bond acceptors (Lipinski definition) is 5. The van der Waals surface area contributed by atoms with Gasteiger partial charge in [-0.05, 0) is 17.2 Å². The molecule has 1 aromatic rings. The maximum Gasteiger partial charge on any atom is 0.338 e. The Morgan fingerprint density at radius 3 is 2.78 bits per heavy atom. The molecule has 0 heterocycles. The molecule has 0 radical (unpaired) electrons. The van der Waals surface area contributed by atoms with Crippen LogP contribution in [0.5, 0.6) is 0 Å². The molecular formula is C11H11NO5S. The molecule has 0 aromatic heterocycles. The number of nitrogens with zero attached hydrogens (tertiary/aromatic N) is 1. The average Bonchev–Trinajstić information content (AvgIpc) is 2.34. The highest BCUT2D eigenvalue weighted by Crippen LogP contribution is 2.25. The summed E-state index contributed by atoms with van der Waals surface area (Å²) in [7, 11) is 0. The average molecular weight is 269 g/mol. The standard InChI is InChI=1S/C11H11NO5S/c1-3-6-17-11(13)8-4-5-10(18(2)16)9(7-8)12(14)15/h3-5,7H,1,6H2,2H3. The molecule has 0 saturated carbocycles. The summed E-state index contributed by atoms with van der Waals surface area (Å²) < 4.78 is 16.1. The van der Waals surface area contributed by atoms with Gasteiger partial charge in [0, 0.05) is 12.1 Å². The number of carbonyl (C=O) groups is 1. The lowest BCUT2D eigenvalue weighted by Gasteiger charge is -2.06. The summed E-state index contributed by atoms with van der Waals surface area (Å²) in [4.78, 5) is 21.7. The predicted molar refractivity (Wildman–Crippen MR) is 65.9 cm³/mol. The Labute approximate surface area is 107 Å². The van der Waals surface area contributed by atoms with E-state index in [1.807, 2.05) is 0 Å². The molecule has 1 aromatic carbocycles. The number of ether oxygens (including phenoxy) is 1. The number of hydrogen-bond donors (Lipinski definition) is 0. The maximum absolute atomic E-state index is 11.5. The zero-order valence-electron chi connectivity index (χ0n) is 9.62. The van der Waals surface area contributed by atoms with Gasteiger partial charge in [0.15, 0.2) is 0 Å². The summed E-state index contributed by atoms with van der Waals surface area (Å²) >= 11 is -1.50. The van der Waals surface area contributed by atoms with Crippen molar-refractivity contribution in [1.29, 1.82) is 0 Å². The second kappa shape index (κ2) is 6.18. The number of carbonyl (C=O) groups excluding carboxylic acids is 1. The molecule has 0 spiro atoms. The van der Waals surface area contributed by atoms with Gasteiger partial charge in [-0.15, -0.1) is 0 Å². The largest absolute Gasteiger partial charge is 0.611 e. The van der Waals surface area contributed by atoms with Gasteiger partial charge in [-0.1, -0.05) is 12.7 Å². The van der Waals surface area contributed by atoms with Crippen molar-refractivity contribution in [2.24, 2.45) is 0 Å². The molecule has 0 amide bonds. The van der Waals surface area contributed by atoms with Crippen molar-refractivity contribution in [3.8, 4) is 0 Å². The van der Waals surface area contributed by atoms with E-state index in [0.717, 1.165) is 6.07 Å². The van der Waals surface area contributed by atoms with Crippen molar-refractivity contribution in [2.45, 2.75) is 4.90 Å². The molecular weight excluding hydrogens is 258 g/mol. The van der Waals surface area contributed by atoms with E-state index in [1.54, 1.807) is 0 Å². The van der Waals surface area contributed by atoms with Gasteiger partial charge in [-0.3, -0.25) is 10.1 Å². The van der Waals surface area contributed by atoms with Crippen molar-refractivity contribution in [2.75, 3.05) is 12.9 Å². The quantitative estimate of drug-likeness (QED) is 0.266. The Hall–Kier alpha value is -1.86. The van der Waals surface area contributed by atoms with E-state index < -0.39 is 22.1 Å². The number of nitro groups is 1. The zero-order chi connectivity index (χ0) is 13.7. The van der Waals surface area contributed by atoms with Gasteiger partial charge < -0.3 is 9.29 Å². The molecule has 1 atom stereocenters. The summed E-state index contributed by atoms with van der Waals surface area (Å²) in [5, 5.41) is 10.8. The Morgan fingerprint density at radius 2 is 2.28 bits per heavy atom. The van der Waals surface area contributed by atoms with Crippen molar-refractivity contribution in [3.05, 3.63) is 46.5 Å². The first-order valence-corrected chi connectivity index (χ1v) is 6.43. The molecule has 0 fully saturated rings. The van der Waals surface area contributed by atoms with Crippen molar-refractivity contribution in [1.82, 2.24) is 0 Å². The fourth-order valence-electron chi connectivity index (χ4n) is 1.25. The van der Waals surface area contributed by atoms with Gasteiger partial charge in [0.1, 0.15) is 12.9 Å². The molecule has 0 saturated heterocycles. The smallest absolute Gasteiger partial charge is 0.338 e. The van der Waals surface area contributed by atoms with Crippen LogP contribution in [0.25, 0.3) is 0 Å². The van der Waals surface area contributed by atoms with E-state index >= 15 is 0 Å². The number of rotatable bonds is 5. The minimum Gasteiger partial charge on any atom is -0.611 e. The van der Waals surface area contributed by atoms with Crippen LogP contribution in [0.4, 0.5) is 5.69 Å². The Balaban J connectivity index is 3.11. The Kier molecular flexibility index (Phi) is 4.87. The number of nitro benzene ring substituents is 1. The SMILES string of the molecule is C=CCOC(=O)c1ccc([S+](C)[O-])c([N+](=O)[O-])c1.